The van der Waals surface area contributed by atoms with Gasteiger partial charge >= 0.3 is 0 Å². The summed E-state index contributed by atoms with van der Waals surface area (Å²) in [7, 11) is -0.659. The van der Waals surface area contributed by atoms with Crippen molar-refractivity contribution in [1.82, 2.24) is 5.32 Å². The lowest BCUT2D eigenvalue weighted by molar-refractivity contribution is -0.384. The molecule has 1 unspecified atom stereocenters. The molecule has 6 heteroatoms. The van der Waals surface area contributed by atoms with Gasteiger partial charge in [0.2, 0.25) is 0 Å². The summed E-state index contributed by atoms with van der Waals surface area (Å²) in [6.07, 6.45) is 1.82. The quantitative estimate of drug-likeness (QED) is 0.678. The number of hydrogen-bond acceptors (Lipinski definition) is 4. The lowest BCUT2D eigenvalue weighted by atomic mass is 10.0. The number of benzene rings is 1. The Kier molecular flexibility index (Phi) is 4.66. The monoisotopic (exact) mass is 282 g/mol. The molecular weight excluding hydrogens is 264 g/mol. The highest BCUT2D eigenvalue weighted by molar-refractivity contribution is 7.85. The number of nitro benzene ring substituents is 1. The van der Waals surface area contributed by atoms with Gasteiger partial charge in [-0.1, -0.05) is 12.1 Å². The van der Waals surface area contributed by atoms with Gasteiger partial charge in [-0.3, -0.25) is 14.3 Å². The highest BCUT2D eigenvalue weighted by atomic mass is 32.2. The predicted molar refractivity (Wildman–Crippen MR) is 75.5 cm³/mol. The summed E-state index contributed by atoms with van der Waals surface area (Å²) in [4.78, 5) is 10.4. The third-order valence-corrected chi connectivity index (χ3v) is 4.84. The number of hydrogen-bond donors (Lipinski definition) is 1. The SMILES string of the molecule is CC(NC1CCS(=O)CC1)c1cccc([N+](=O)[O-])c1. The van der Waals surface area contributed by atoms with Crippen molar-refractivity contribution in [3.63, 3.8) is 0 Å². The van der Waals surface area contributed by atoms with Crippen molar-refractivity contribution in [1.29, 1.82) is 0 Å². The molecule has 1 fully saturated rings. The molecule has 0 amide bonds. The van der Waals surface area contributed by atoms with Crippen LogP contribution in [0.2, 0.25) is 0 Å². The van der Waals surface area contributed by atoms with Crippen LogP contribution in [0.3, 0.4) is 0 Å². The average molecular weight is 282 g/mol. The van der Waals surface area contributed by atoms with E-state index in [4.69, 9.17) is 0 Å². The van der Waals surface area contributed by atoms with Crippen LogP contribution in [0, 0.1) is 10.1 Å². The Labute approximate surface area is 115 Å². The standard InChI is InChI=1S/C13H18N2O3S/c1-10(14-12-5-7-19(18)8-6-12)11-3-2-4-13(9-11)15(16)17/h2-4,9-10,12,14H,5-8H2,1H3. The summed E-state index contributed by atoms with van der Waals surface area (Å²) in [6.45, 7) is 2.00. The fraction of sp³-hybridized carbons (Fsp3) is 0.538. The Balaban J connectivity index is 1.99. The molecule has 104 valence electrons. The molecule has 1 saturated heterocycles. The van der Waals surface area contributed by atoms with Crippen LogP contribution >= 0.6 is 0 Å². The summed E-state index contributed by atoms with van der Waals surface area (Å²) >= 11 is 0. The normalized spacial score (nSPS) is 24.9. The highest BCUT2D eigenvalue weighted by Crippen LogP contribution is 2.21. The molecule has 0 aromatic heterocycles. The van der Waals surface area contributed by atoms with Gasteiger partial charge in [0.05, 0.1) is 4.92 Å². The van der Waals surface area contributed by atoms with Crippen LogP contribution in [0.4, 0.5) is 5.69 Å². The predicted octanol–water partition coefficient (Wildman–Crippen LogP) is 2.16. The van der Waals surface area contributed by atoms with Gasteiger partial charge < -0.3 is 5.32 Å². The van der Waals surface area contributed by atoms with Crippen molar-refractivity contribution in [2.45, 2.75) is 31.8 Å². The highest BCUT2D eigenvalue weighted by Gasteiger charge is 2.20. The van der Waals surface area contributed by atoms with Crippen LogP contribution in [0.5, 0.6) is 0 Å². The van der Waals surface area contributed by atoms with Crippen LogP contribution in [-0.4, -0.2) is 26.7 Å². The summed E-state index contributed by atoms with van der Waals surface area (Å²) in [5, 5.41) is 14.2. The number of nitrogens with one attached hydrogen (secondary N) is 1. The Morgan fingerprint density at radius 3 is 2.74 bits per heavy atom. The molecule has 1 aliphatic heterocycles. The molecule has 1 N–H and O–H groups in total. The molecule has 0 aliphatic carbocycles. The molecular formula is C13H18N2O3S. The molecule has 0 radical (unpaired) electrons. The van der Waals surface area contributed by atoms with Crippen LogP contribution in [0.15, 0.2) is 24.3 Å². The molecule has 2 rings (SSSR count). The molecule has 1 aromatic rings. The fourth-order valence-electron chi connectivity index (χ4n) is 2.32. The van der Waals surface area contributed by atoms with E-state index in [1.54, 1.807) is 12.1 Å². The van der Waals surface area contributed by atoms with Gasteiger partial charge in [0.25, 0.3) is 5.69 Å². The topological polar surface area (TPSA) is 72.2 Å². The van der Waals surface area contributed by atoms with Gasteiger partial charge in [-0.15, -0.1) is 0 Å². The lowest BCUT2D eigenvalue weighted by Crippen LogP contribution is -2.37. The lowest BCUT2D eigenvalue weighted by Gasteiger charge is -2.26. The van der Waals surface area contributed by atoms with Crippen molar-refractivity contribution in [2.24, 2.45) is 0 Å². The molecule has 1 heterocycles. The maximum Gasteiger partial charge on any atom is 0.269 e. The molecule has 1 aliphatic rings. The second kappa shape index (κ2) is 6.25. The molecule has 19 heavy (non-hydrogen) atoms. The third-order valence-electron chi connectivity index (χ3n) is 3.45. The van der Waals surface area contributed by atoms with Gasteiger partial charge in [-0.25, -0.2) is 0 Å². The van der Waals surface area contributed by atoms with E-state index in [2.05, 4.69) is 5.32 Å². The number of non-ortho nitro benzene ring substituents is 1. The summed E-state index contributed by atoms with van der Waals surface area (Å²) in [6, 6.07) is 7.13. The molecule has 1 aromatic carbocycles. The van der Waals surface area contributed by atoms with Crippen molar-refractivity contribution >= 4 is 16.5 Å². The van der Waals surface area contributed by atoms with E-state index in [1.165, 1.54) is 6.07 Å². The minimum atomic E-state index is -0.659. The van der Waals surface area contributed by atoms with Crippen molar-refractivity contribution in [3.8, 4) is 0 Å². The van der Waals surface area contributed by atoms with Crippen LogP contribution in [0.1, 0.15) is 31.4 Å². The number of nitro groups is 1. The zero-order chi connectivity index (χ0) is 13.8. The maximum absolute atomic E-state index is 11.3. The van der Waals surface area contributed by atoms with Crippen molar-refractivity contribution in [3.05, 3.63) is 39.9 Å². The van der Waals surface area contributed by atoms with Gasteiger partial charge in [0.1, 0.15) is 0 Å². The molecule has 0 spiro atoms. The van der Waals surface area contributed by atoms with Gasteiger partial charge in [0, 0.05) is 46.5 Å². The van der Waals surface area contributed by atoms with E-state index in [9.17, 15) is 14.3 Å². The Hall–Kier alpha value is -1.27. The Morgan fingerprint density at radius 2 is 2.11 bits per heavy atom. The summed E-state index contributed by atoms with van der Waals surface area (Å²) in [5.41, 5.74) is 1.04. The van der Waals surface area contributed by atoms with Crippen LogP contribution in [0.25, 0.3) is 0 Å². The zero-order valence-corrected chi connectivity index (χ0v) is 11.7. The van der Waals surface area contributed by atoms with E-state index >= 15 is 0 Å². The smallest absolute Gasteiger partial charge is 0.269 e. The summed E-state index contributed by atoms with van der Waals surface area (Å²) < 4.78 is 11.3. The second-order valence-corrected chi connectivity index (χ2v) is 6.56. The number of nitrogens with zero attached hydrogens (tertiary/aromatic N) is 1. The van der Waals surface area contributed by atoms with E-state index < -0.39 is 10.8 Å². The van der Waals surface area contributed by atoms with Crippen LogP contribution < -0.4 is 5.32 Å². The molecule has 0 saturated carbocycles. The van der Waals surface area contributed by atoms with Crippen molar-refractivity contribution in [2.75, 3.05) is 11.5 Å². The first-order valence-corrected chi connectivity index (χ1v) is 7.90. The van der Waals surface area contributed by atoms with Crippen LogP contribution in [-0.2, 0) is 10.8 Å². The Morgan fingerprint density at radius 1 is 1.42 bits per heavy atom. The third kappa shape index (κ3) is 3.84. The van der Waals surface area contributed by atoms with E-state index in [0.29, 0.717) is 6.04 Å². The average Bonchev–Trinajstić information content (AvgIpc) is 2.41. The first kappa shape index (κ1) is 14.1. The van der Waals surface area contributed by atoms with E-state index in [0.717, 1.165) is 29.9 Å². The first-order chi connectivity index (χ1) is 9.06. The fourth-order valence-corrected chi connectivity index (χ4v) is 3.62. The molecule has 5 nitrogen and oxygen atoms in total. The van der Waals surface area contributed by atoms with E-state index in [1.807, 2.05) is 13.0 Å². The van der Waals surface area contributed by atoms with Gasteiger partial charge in [-0.2, -0.15) is 0 Å². The minimum absolute atomic E-state index is 0.0661. The minimum Gasteiger partial charge on any atom is -0.307 e. The molecule has 1 atom stereocenters. The number of rotatable bonds is 4. The van der Waals surface area contributed by atoms with Gasteiger partial charge in [-0.05, 0) is 25.3 Å². The van der Waals surface area contributed by atoms with Crippen molar-refractivity contribution < 1.29 is 9.13 Å². The Bertz CT molecular complexity index is 483. The summed E-state index contributed by atoms with van der Waals surface area (Å²) in [5.74, 6) is 1.50. The maximum atomic E-state index is 11.3. The van der Waals surface area contributed by atoms with Gasteiger partial charge in [0.15, 0.2) is 0 Å². The van der Waals surface area contributed by atoms with E-state index in [-0.39, 0.29) is 16.7 Å². The molecule has 0 bridgehead atoms. The second-order valence-electron chi connectivity index (χ2n) is 4.86. The zero-order valence-electron chi connectivity index (χ0n) is 10.9. The first-order valence-electron chi connectivity index (χ1n) is 6.41. The largest absolute Gasteiger partial charge is 0.307 e.